The second-order valence-corrected chi connectivity index (χ2v) is 6.84. The number of hydrogen-bond acceptors (Lipinski definition) is 6. The zero-order valence-corrected chi connectivity index (χ0v) is 16.2. The maximum atomic E-state index is 11.7. The number of hydrogen-bond donors (Lipinski definition) is 1. The Kier molecular flexibility index (Phi) is 5.16. The van der Waals surface area contributed by atoms with Crippen molar-refractivity contribution < 1.29 is 9.66 Å². The van der Waals surface area contributed by atoms with Crippen molar-refractivity contribution in [2.24, 2.45) is 0 Å². The highest BCUT2D eigenvalue weighted by atomic mass is 35.5. The van der Waals surface area contributed by atoms with Gasteiger partial charge < -0.3 is 10.1 Å². The van der Waals surface area contributed by atoms with Gasteiger partial charge >= 0.3 is 11.6 Å². The molecule has 1 heterocycles. The van der Waals surface area contributed by atoms with Crippen molar-refractivity contribution in [3.63, 3.8) is 0 Å². The third-order valence-corrected chi connectivity index (χ3v) is 4.64. The first kappa shape index (κ1) is 18.9. The molecule has 0 unspecified atom stereocenters. The first-order valence-corrected chi connectivity index (χ1v) is 9.15. The van der Waals surface area contributed by atoms with Gasteiger partial charge in [-0.3, -0.25) is 10.1 Å². The molecule has 7 nitrogen and oxygen atoms in total. The predicted molar refractivity (Wildman–Crippen MR) is 112 cm³/mol. The van der Waals surface area contributed by atoms with E-state index in [1.165, 1.54) is 12.4 Å². The van der Waals surface area contributed by atoms with E-state index >= 15 is 0 Å². The summed E-state index contributed by atoms with van der Waals surface area (Å²) in [5, 5.41) is 17.3. The summed E-state index contributed by atoms with van der Waals surface area (Å²) >= 11 is 12.0. The lowest BCUT2D eigenvalue weighted by atomic mass is 10.1. The Morgan fingerprint density at radius 2 is 1.76 bits per heavy atom. The highest BCUT2D eigenvalue weighted by Gasteiger charge is 2.25. The van der Waals surface area contributed by atoms with Crippen LogP contribution in [0.15, 0.2) is 67.0 Å². The van der Waals surface area contributed by atoms with Gasteiger partial charge in [0.2, 0.25) is 5.82 Å². The second-order valence-electron chi connectivity index (χ2n) is 5.99. The number of anilines is 2. The summed E-state index contributed by atoms with van der Waals surface area (Å²) in [6.07, 6.45) is 1.18. The molecule has 29 heavy (non-hydrogen) atoms. The van der Waals surface area contributed by atoms with E-state index in [-0.39, 0.29) is 11.7 Å². The molecule has 0 amide bonds. The number of nitrogens with one attached hydrogen (secondary N) is 1. The molecule has 4 aromatic rings. The third-order valence-electron chi connectivity index (χ3n) is 4.09. The molecule has 9 heteroatoms. The smallest absolute Gasteiger partial charge is 0.373 e. The highest BCUT2D eigenvalue weighted by Crippen LogP contribution is 2.37. The molecule has 0 aliphatic rings. The molecule has 0 aliphatic carbocycles. The first-order valence-electron chi connectivity index (χ1n) is 8.39. The van der Waals surface area contributed by atoms with Crippen molar-refractivity contribution in [3.05, 3.63) is 87.2 Å². The summed E-state index contributed by atoms with van der Waals surface area (Å²) < 4.78 is 5.72. The topological polar surface area (TPSA) is 90.2 Å². The molecule has 0 bridgehead atoms. The average molecular weight is 427 g/mol. The first-order chi connectivity index (χ1) is 14.0. The summed E-state index contributed by atoms with van der Waals surface area (Å²) in [6.45, 7) is 0. The minimum atomic E-state index is -0.609. The van der Waals surface area contributed by atoms with Crippen LogP contribution in [0.3, 0.4) is 0 Å². The largest absolute Gasteiger partial charge is 0.434 e. The summed E-state index contributed by atoms with van der Waals surface area (Å²) in [7, 11) is 0. The number of aromatic nitrogens is 2. The molecule has 0 saturated carbocycles. The van der Waals surface area contributed by atoms with Gasteiger partial charge in [0.15, 0.2) is 0 Å². The Hall–Kier alpha value is -3.42. The van der Waals surface area contributed by atoms with E-state index in [1.807, 2.05) is 30.3 Å². The van der Waals surface area contributed by atoms with Crippen molar-refractivity contribution in [1.29, 1.82) is 0 Å². The molecular weight excluding hydrogens is 415 g/mol. The van der Waals surface area contributed by atoms with Gasteiger partial charge in [-0.15, -0.1) is 0 Å². The van der Waals surface area contributed by atoms with Gasteiger partial charge in [0.05, 0.1) is 15.6 Å². The average Bonchev–Trinajstić information content (AvgIpc) is 2.70. The van der Waals surface area contributed by atoms with Crippen LogP contribution < -0.4 is 10.1 Å². The number of nitro groups is 1. The number of ether oxygens (including phenoxy) is 1. The van der Waals surface area contributed by atoms with Crippen LogP contribution in [0.5, 0.6) is 11.6 Å². The SMILES string of the molecule is O=[N+]([O-])c1c(Nc2ccc(Cl)cc2Cl)ncnc1Oc1ccc2ccccc2c1. The van der Waals surface area contributed by atoms with Gasteiger partial charge in [0.25, 0.3) is 0 Å². The Balaban J connectivity index is 1.71. The number of benzene rings is 3. The van der Waals surface area contributed by atoms with E-state index in [9.17, 15) is 10.1 Å². The number of nitrogens with zero attached hydrogens (tertiary/aromatic N) is 3. The molecule has 3 aromatic carbocycles. The van der Waals surface area contributed by atoms with E-state index in [0.29, 0.717) is 21.5 Å². The maximum Gasteiger partial charge on any atom is 0.373 e. The van der Waals surface area contributed by atoms with E-state index in [0.717, 1.165) is 10.8 Å². The van der Waals surface area contributed by atoms with Crippen molar-refractivity contribution in [2.45, 2.75) is 0 Å². The lowest BCUT2D eigenvalue weighted by Crippen LogP contribution is -2.03. The minimum Gasteiger partial charge on any atom is -0.434 e. The second kappa shape index (κ2) is 7.90. The minimum absolute atomic E-state index is 0.0509. The predicted octanol–water partition coefficient (Wildman–Crippen LogP) is 6.38. The van der Waals surface area contributed by atoms with Crippen LogP contribution in [0.1, 0.15) is 0 Å². The van der Waals surface area contributed by atoms with Gasteiger partial charge in [-0.05, 0) is 41.1 Å². The summed E-state index contributed by atoms with van der Waals surface area (Å²) in [4.78, 5) is 19.0. The van der Waals surface area contributed by atoms with E-state index in [1.54, 1.807) is 24.3 Å². The molecule has 0 spiro atoms. The van der Waals surface area contributed by atoms with Crippen LogP contribution in [-0.2, 0) is 0 Å². The normalized spacial score (nSPS) is 10.7. The van der Waals surface area contributed by atoms with Crippen LogP contribution in [0.2, 0.25) is 10.0 Å². The maximum absolute atomic E-state index is 11.7. The van der Waals surface area contributed by atoms with Crippen molar-refractivity contribution in [1.82, 2.24) is 9.97 Å². The van der Waals surface area contributed by atoms with E-state index < -0.39 is 10.6 Å². The van der Waals surface area contributed by atoms with Gasteiger partial charge in [-0.25, -0.2) is 4.98 Å². The van der Waals surface area contributed by atoms with Crippen molar-refractivity contribution in [3.8, 4) is 11.6 Å². The van der Waals surface area contributed by atoms with Gasteiger partial charge in [0, 0.05) is 5.02 Å². The summed E-state index contributed by atoms with van der Waals surface area (Å²) in [5.74, 6) is 0.179. The fourth-order valence-corrected chi connectivity index (χ4v) is 3.21. The number of halogens is 2. The Bertz CT molecular complexity index is 1230. The summed E-state index contributed by atoms with van der Waals surface area (Å²) in [5.41, 5.74) is 0.00111. The molecule has 0 aliphatic heterocycles. The van der Waals surface area contributed by atoms with E-state index in [4.69, 9.17) is 27.9 Å². The van der Waals surface area contributed by atoms with Gasteiger partial charge in [0.1, 0.15) is 12.1 Å². The number of rotatable bonds is 5. The Morgan fingerprint density at radius 1 is 0.966 bits per heavy atom. The van der Waals surface area contributed by atoms with Crippen LogP contribution >= 0.6 is 23.2 Å². The lowest BCUT2D eigenvalue weighted by molar-refractivity contribution is -0.385. The van der Waals surface area contributed by atoms with Gasteiger partial charge in [-0.2, -0.15) is 4.98 Å². The molecule has 0 atom stereocenters. The molecule has 1 N–H and O–H groups in total. The monoisotopic (exact) mass is 426 g/mol. The third kappa shape index (κ3) is 4.06. The van der Waals surface area contributed by atoms with Crippen LogP contribution in [0, 0.1) is 10.1 Å². The zero-order chi connectivity index (χ0) is 20.4. The van der Waals surface area contributed by atoms with Crippen LogP contribution in [-0.4, -0.2) is 14.9 Å². The molecule has 144 valence electrons. The molecule has 4 rings (SSSR count). The molecule has 1 aromatic heterocycles. The van der Waals surface area contributed by atoms with Crippen LogP contribution in [0.25, 0.3) is 10.8 Å². The molecule has 0 radical (unpaired) electrons. The summed E-state index contributed by atoms with van der Waals surface area (Å²) in [6, 6.07) is 17.8. The van der Waals surface area contributed by atoms with E-state index in [2.05, 4.69) is 15.3 Å². The number of fused-ring (bicyclic) bond motifs is 1. The Labute approximate surface area is 175 Å². The Morgan fingerprint density at radius 3 is 2.52 bits per heavy atom. The fraction of sp³-hybridized carbons (Fsp3) is 0. The zero-order valence-electron chi connectivity index (χ0n) is 14.7. The standard InChI is InChI=1S/C20H12Cl2N4O3/c21-14-6-8-17(16(22)10-14)25-19-18(26(27)28)20(24-11-23-19)29-15-7-5-12-3-1-2-4-13(12)9-15/h1-11H,(H,23,24,25). The molecule has 0 saturated heterocycles. The molecular formula is C20H12Cl2N4O3. The highest BCUT2D eigenvalue weighted by molar-refractivity contribution is 6.36. The fourth-order valence-electron chi connectivity index (χ4n) is 2.75. The molecule has 0 fully saturated rings. The van der Waals surface area contributed by atoms with Gasteiger partial charge in [-0.1, -0.05) is 53.5 Å². The van der Waals surface area contributed by atoms with Crippen LogP contribution in [0.4, 0.5) is 17.2 Å². The lowest BCUT2D eigenvalue weighted by Gasteiger charge is -2.11. The quantitative estimate of drug-likeness (QED) is 0.294. The van der Waals surface area contributed by atoms with Crippen molar-refractivity contribution in [2.75, 3.05) is 5.32 Å². The van der Waals surface area contributed by atoms with Crippen molar-refractivity contribution >= 4 is 51.2 Å².